The quantitative estimate of drug-likeness (QED) is 0.742. The summed E-state index contributed by atoms with van der Waals surface area (Å²) in [6, 6.07) is 9.99. The summed E-state index contributed by atoms with van der Waals surface area (Å²) in [6.45, 7) is 0. The summed E-state index contributed by atoms with van der Waals surface area (Å²) in [4.78, 5) is 4.25. The molecule has 20 heavy (non-hydrogen) atoms. The Morgan fingerprint density at radius 3 is 2.55 bits per heavy atom. The van der Waals surface area contributed by atoms with Crippen LogP contribution in [0.2, 0.25) is 0 Å². The molecule has 0 fully saturated rings. The third-order valence-corrected chi connectivity index (χ3v) is 4.77. The Hall–Kier alpha value is -2.34. The zero-order valence-corrected chi connectivity index (χ0v) is 11.5. The van der Waals surface area contributed by atoms with Gasteiger partial charge in [0.05, 0.1) is 29.9 Å². The van der Waals surface area contributed by atoms with Crippen LogP contribution < -0.4 is 4.74 Å². The van der Waals surface area contributed by atoms with Crippen molar-refractivity contribution in [3.05, 3.63) is 55.0 Å². The molecule has 0 radical (unpaired) electrons. The maximum Gasteiger partial charge on any atom is 0.268 e. The monoisotopic (exact) mass is 288 g/mol. The summed E-state index contributed by atoms with van der Waals surface area (Å²) in [7, 11) is -2.10. The Morgan fingerprint density at radius 1 is 1.10 bits per heavy atom. The second kappa shape index (κ2) is 4.64. The molecule has 5 nitrogen and oxygen atoms in total. The SMILES string of the molecule is COc1cncc2c1ccn2S(=O)(=O)c1ccccc1. The molecule has 3 aromatic rings. The van der Waals surface area contributed by atoms with Gasteiger partial charge in [0.15, 0.2) is 0 Å². The summed E-state index contributed by atoms with van der Waals surface area (Å²) >= 11 is 0. The number of rotatable bonds is 3. The Kier molecular flexibility index (Phi) is 2.94. The minimum atomic E-state index is -3.63. The third-order valence-electron chi connectivity index (χ3n) is 3.06. The van der Waals surface area contributed by atoms with E-state index >= 15 is 0 Å². The molecule has 0 unspecified atom stereocenters. The van der Waals surface area contributed by atoms with Gasteiger partial charge in [-0.3, -0.25) is 4.98 Å². The lowest BCUT2D eigenvalue weighted by Crippen LogP contribution is -2.11. The van der Waals surface area contributed by atoms with Gasteiger partial charge in [-0.25, -0.2) is 12.4 Å². The standard InChI is InChI=1S/C14H12N2O3S/c1-19-14-10-15-9-13-12(14)7-8-16(13)20(17,18)11-5-3-2-4-6-11/h2-10H,1H3. The molecule has 1 aromatic carbocycles. The zero-order valence-electron chi connectivity index (χ0n) is 10.7. The van der Waals surface area contributed by atoms with Gasteiger partial charge in [0.1, 0.15) is 5.75 Å². The lowest BCUT2D eigenvalue weighted by atomic mass is 10.3. The number of aromatic nitrogens is 2. The van der Waals surface area contributed by atoms with Crippen LogP contribution in [0.4, 0.5) is 0 Å². The second-order valence-corrected chi connectivity index (χ2v) is 6.02. The van der Waals surface area contributed by atoms with Gasteiger partial charge in [-0.2, -0.15) is 0 Å². The van der Waals surface area contributed by atoms with Gasteiger partial charge in [-0.1, -0.05) is 18.2 Å². The number of hydrogen-bond donors (Lipinski definition) is 0. The van der Waals surface area contributed by atoms with Crippen molar-refractivity contribution < 1.29 is 13.2 Å². The number of pyridine rings is 1. The smallest absolute Gasteiger partial charge is 0.268 e. The van der Waals surface area contributed by atoms with Crippen molar-refractivity contribution in [2.75, 3.05) is 7.11 Å². The van der Waals surface area contributed by atoms with Crippen LogP contribution in [-0.4, -0.2) is 24.5 Å². The van der Waals surface area contributed by atoms with Crippen molar-refractivity contribution in [2.45, 2.75) is 4.90 Å². The van der Waals surface area contributed by atoms with E-state index in [4.69, 9.17) is 4.74 Å². The first-order chi connectivity index (χ1) is 9.64. The van der Waals surface area contributed by atoms with Crippen LogP contribution >= 0.6 is 0 Å². The molecule has 3 rings (SSSR count). The van der Waals surface area contributed by atoms with E-state index in [1.165, 1.54) is 23.5 Å². The van der Waals surface area contributed by atoms with Gasteiger partial charge in [-0.05, 0) is 18.2 Å². The fourth-order valence-electron chi connectivity index (χ4n) is 2.08. The molecule has 102 valence electrons. The largest absolute Gasteiger partial charge is 0.494 e. The predicted molar refractivity (Wildman–Crippen MR) is 75.3 cm³/mol. The van der Waals surface area contributed by atoms with E-state index < -0.39 is 10.0 Å². The molecule has 0 amide bonds. The number of nitrogens with zero attached hydrogens (tertiary/aromatic N) is 2. The van der Waals surface area contributed by atoms with Crippen LogP contribution in [-0.2, 0) is 10.0 Å². The van der Waals surface area contributed by atoms with Crippen molar-refractivity contribution in [1.82, 2.24) is 8.96 Å². The van der Waals surface area contributed by atoms with Gasteiger partial charge in [-0.15, -0.1) is 0 Å². The van der Waals surface area contributed by atoms with E-state index in [2.05, 4.69) is 4.98 Å². The van der Waals surface area contributed by atoms with Crippen molar-refractivity contribution in [3.63, 3.8) is 0 Å². The van der Waals surface area contributed by atoms with Crippen LogP contribution in [0.5, 0.6) is 5.75 Å². The molecule has 6 heteroatoms. The fourth-order valence-corrected chi connectivity index (χ4v) is 3.44. The van der Waals surface area contributed by atoms with Gasteiger partial charge < -0.3 is 4.74 Å². The van der Waals surface area contributed by atoms with Crippen LogP contribution in [0, 0.1) is 0 Å². The highest BCUT2D eigenvalue weighted by atomic mass is 32.2. The van der Waals surface area contributed by atoms with Gasteiger partial charge in [0.2, 0.25) is 0 Å². The average Bonchev–Trinajstić information content (AvgIpc) is 2.92. The van der Waals surface area contributed by atoms with Crippen LogP contribution in [0.15, 0.2) is 59.9 Å². The summed E-state index contributed by atoms with van der Waals surface area (Å²) in [5, 5.41) is 0.710. The average molecular weight is 288 g/mol. The highest BCUT2D eigenvalue weighted by molar-refractivity contribution is 7.90. The molecule has 0 N–H and O–H groups in total. The Balaban J connectivity index is 2.26. The molecular formula is C14H12N2O3S. The molecular weight excluding hydrogens is 276 g/mol. The van der Waals surface area contributed by atoms with E-state index in [0.29, 0.717) is 16.7 Å². The third kappa shape index (κ3) is 1.85. The number of fused-ring (bicyclic) bond motifs is 1. The number of ether oxygens (including phenoxy) is 1. The van der Waals surface area contributed by atoms with E-state index in [0.717, 1.165) is 0 Å². The van der Waals surface area contributed by atoms with Gasteiger partial charge in [0, 0.05) is 11.6 Å². The van der Waals surface area contributed by atoms with E-state index in [1.54, 1.807) is 42.6 Å². The van der Waals surface area contributed by atoms with Crippen LogP contribution in [0.25, 0.3) is 10.9 Å². The Labute approximate surface area is 116 Å². The molecule has 0 saturated heterocycles. The molecule has 2 heterocycles. The minimum Gasteiger partial charge on any atom is -0.494 e. The van der Waals surface area contributed by atoms with Crippen molar-refractivity contribution in [3.8, 4) is 5.75 Å². The number of methoxy groups -OCH3 is 1. The molecule has 0 spiro atoms. The normalized spacial score (nSPS) is 11.7. The van der Waals surface area contributed by atoms with Crippen molar-refractivity contribution in [2.24, 2.45) is 0 Å². The number of hydrogen-bond acceptors (Lipinski definition) is 4. The molecule has 0 aliphatic carbocycles. The predicted octanol–water partition coefficient (Wildman–Crippen LogP) is 2.28. The first-order valence-electron chi connectivity index (χ1n) is 5.94. The molecule has 0 aliphatic heterocycles. The van der Waals surface area contributed by atoms with E-state index in [9.17, 15) is 8.42 Å². The maximum absolute atomic E-state index is 12.6. The first-order valence-corrected chi connectivity index (χ1v) is 7.38. The topological polar surface area (TPSA) is 61.2 Å². The number of benzene rings is 1. The summed E-state index contributed by atoms with van der Waals surface area (Å²) in [6.07, 6.45) is 4.58. The van der Waals surface area contributed by atoms with E-state index in [1.807, 2.05) is 0 Å². The Morgan fingerprint density at radius 2 is 1.85 bits per heavy atom. The molecule has 0 bridgehead atoms. The molecule has 0 saturated carbocycles. The summed E-state index contributed by atoms with van der Waals surface area (Å²) < 4.78 is 31.6. The lowest BCUT2D eigenvalue weighted by molar-refractivity contribution is 0.418. The maximum atomic E-state index is 12.6. The lowest BCUT2D eigenvalue weighted by Gasteiger charge is -2.07. The van der Waals surface area contributed by atoms with Crippen LogP contribution in [0.3, 0.4) is 0 Å². The first kappa shape index (κ1) is 12.7. The zero-order chi connectivity index (χ0) is 14.2. The summed E-state index contributed by atoms with van der Waals surface area (Å²) in [5.41, 5.74) is 0.494. The summed E-state index contributed by atoms with van der Waals surface area (Å²) in [5.74, 6) is 0.546. The van der Waals surface area contributed by atoms with Crippen LogP contribution in [0.1, 0.15) is 0 Å². The molecule has 0 atom stereocenters. The van der Waals surface area contributed by atoms with Crippen molar-refractivity contribution >= 4 is 20.9 Å². The highest BCUT2D eigenvalue weighted by Crippen LogP contribution is 2.27. The Bertz CT molecular complexity index is 855. The minimum absolute atomic E-state index is 0.236. The van der Waals surface area contributed by atoms with Gasteiger partial charge >= 0.3 is 0 Å². The van der Waals surface area contributed by atoms with Gasteiger partial charge in [0.25, 0.3) is 10.0 Å². The highest BCUT2D eigenvalue weighted by Gasteiger charge is 2.19. The van der Waals surface area contributed by atoms with Crippen molar-refractivity contribution in [1.29, 1.82) is 0 Å². The second-order valence-electron chi connectivity index (χ2n) is 4.20. The van der Waals surface area contributed by atoms with E-state index in [-0.39, 0.29) is 4.90 Å². The fraction of sp³-hybridized carbons (Fsp3) is 0.0714. The molecule has 2 aromatic heterocycles. The molecule has 0 aliphatic rings.